The summed E-state index contributed by atoms with van der Waals surface area (Å²) in [6.07, 6.45) is 7.74. The molecule has 0 bridgehead atoms. The van der Waals surface area contributed by atoms with Crippen LogP contribution < -0.4 is 0 Å². The molecule has 35 heavy (non-hydrogen) atoms. The number of hydrogen-bond acceptors (Lipinski definition) is 1. The Morgan fingerprint density at radius 2 is 1.34 bits per heavy atom. The van der Waals surface area contributed by atoms with Crippen molar-refractivity contribution in [3.63, 3.8) is 0 Å². The Balaban J connectivity index is 1.48. The lowest BCUT2D eigenvalue weighted by Crippen LogP contribution is -2.05. The van der Waals surface area contributed by atoms with E-state index in [4.69, 9.17) is 4.98 Å². The number of fused-ring (bicyclic) bond motifs is 2. The second-order valence-electron chi connectivity index (χ2n) is 9.47. The Kier molecular flexibility index (Phi) is 6.55. The largest absolute Gasteiger partial charge is 0.252 e. The molecule has 6 rings (SSSR count). The fourth-order valence-corrected chi connectivity index (χ4v) is 6.38. The minimum absolute atomic E-state index is 0.459. The zero-order valence-electron chi connectivity index (χ0n) is 19.2. The molecule has 2 aliphatic carbocycles. The number of allylic oxidation sites excluding steroid dienone is 1. The van der Waals surface area contributed by atoms with Crippen LogP contribution in [0.3, 0.4) is 0 Å². The van der Waals surface area contributed by atoms with Gasteiger partial charge < -0.3 is 0 Å². The second kappa shape index (κ2) is 9.80. The van der Waals surface area contributed by atoms with E-state index in [1.807, 2.05) is 0 Å². The summed E-state index contributed by atoms with van der Waals surface area (Å²) in [6, 6.07) is 26.2. The van der Waals surface area contributed by atoms with E-state index in [9.17, 15) is 0 Å². The lowest BCUT2D eigenvalue weighted by Gasteiger charge is -2.17. The Morgan fingerprint density at radius 1 is 0.714 bits per heavy atom. The maximum absolute atomic E-state index is 5.43. The molecule has 3 aromatic carbocycles. The van der Waals surface area contributed by atoms with E-state index < -0.39 is 0 Å². The minimum Gasteiger partial charge on any atom is -0.252 e. The van der Waals surface area contributed by atoms with Crippen molar-refractivity contribution >= 4 is 59.4 Å². The number of halogens is 3. The molecule has 1 atom stereocenters. The summed E-state index contributed by atoms with van der Waals surface area (Å²) in [5, 5.41) is 0. The van der Waals surface area contributed by atoms with Crippen molar-refractivity contribution in [1.82, 2.24) is 4.98 Å². The predicted octanol–water partition coefficient (Wildman–Crippen LogP) is 9.80. The Bertz CT molecular complexity index is 1420. The smallest absolute Gasteiger partial charge is 0.0703 e. The zero-order valence-corrected chi connectivity index (χ0v) is 24.0. The third kappa shape index (κ3) is 4.73. The number of hydrogen-bond donors (Lipinski definition) is 0. The highest BCUT2D eigenvalue weighted by Gasteiger charge is 2.33. The van der Waals surface area contributed by atoms with Crippen molar-refractivity contribution in [2.75, 3.05) is 0 Å². The van der Waals surface area contributed by atoms with Crippen molar-refractivity contribution in [3.8, 4) is 11.1 Å². The molecule has 174 valence electrons. The molecule has 0 N–H and O–H groups in total. The van der Waals surface area contributed by atoms with Crippen molar-refractivity contribution in [1.29, 1.82) is 0 Å². The van der Waals surface area contributed by atoms with Crippen molar-refractivity contribution in [2.45, 2.75) is 38.0 Å². The van der Waals surface area contributed by atoms with E-state index in [-0.39, 0.29) is 0 Å². The molecular formula is C31H24Br3N. The molecule has 2 aliphatic rings. The van der Waals surface area contributed by atoms with E-state index in [0.717, 1.165) is 45.5 Å². The summed E-state index contributed by atoms with van der Waals surface area (Å²) in [4.78, 5) is 5.43. The maximum atomic E-state index is 5.43. The van der Waals surface area contributed by atoms with Crippen LogP contribution >= 0.6 is 47.8 Å². The number of pyridine rings is 1. The summed E-state index contributed by atoms with van der Waals surface area (Å²) in [5.74, 6) is 0.459. The molecule has 1 aromatic heterocycles. The monoisotopic (exact) mass is 647 g/mol. The quantitative estimate of drug-likeness (QED) is 0.214. The van der Waals surface area contributed by atoms with Crippen molar-refractivity contribution in [3.05, 3.63) is 120 Å². The molecule has 4 heteroatoms. The molecule has 0 saturated carbocycles. The van der Waals surface area contributed by atoms with Gasteiger partial charge in [0.1, 0.15) is 0 Å². The average Bonchev–Trinajstić information content (AvgIpc) is 3.45. The van der Waals surface area contributed by atoms with Crippen LogP contribution in [0.4, 0.5) is 0 Å². The van der Waals surface area contributed by atoms with Gasteiger partial charge in [0.25, 0.3) is 0 Å². The molecule has 1 nitrogen and oxygen atoms in total. The Hall–Kier alpha value is -2.01. The van der Waals surface area contributed by atoms with Gasteiger partial charge in [-0.05, 0) is 114 Å². The number of nitrogens with zero attached hydrogens (tertiary/aromatic N) is 1. The van der Waals surface area contributed by atoms with Gasteiger partial charge >= 0.3 is 0 Å². The summed E-state index contributed by atoms with van der Waals surface area (Å²) < 4.78 is 3.35. The zero-order chi connectivity index (χ0) is 23.9. The van der Waals surface area contributed by atoms with Gasteiger partial charge in [-0.15, -0.1) is 0 Å². The number of aromatic nitrogens is 1. The third-order valence-corrected chi connectivity index (χ3v) is 8.83. The van der Waals surface area contributed by atoms with Crippen LogP contribution in [0.1, 0.15) is 52.4 Å². The Labute approximate surface area is 232 Å². The normalized spacial score (nSPS) is 17.6. The average molecular weight is 650 g/mol. The van der Waals surface area contributed by atoms with Gasteiger partial charge in [-0.1, -0.05) is 84.2 Å². The van der Waals surface area contributed by atoms with Gasteiger partial charge in [-0.25, -0.2) is 0 Å². The molecule has 4 aromatic rings. The van der Waals surface area contributed by atoms with Gasteiger partial charge in [-0.3, -0.25) is 4.98 Å². The molecule has 1 heterocycles. The Morgan fingerprint density at radius 3 is 2.03 bits per heavy atom. The van der Waals surface area contributed by atoms with Gasteiger partial charge in [0, 0.05) is 25.0 Å². The first-order valence-corrected chi connectivity index (χ1v) is 14.5. The molecule has 0 saturated heterocycles. The van der Waals surface area contributed by atoms with E-state index in [2.05, 4.69) is 127 Å². The highest BCUT2D eigenvalue weighted by atomic mass is 79.9. The van der Waals surface area contributed by atoms with Crippen LogP contribution in [-0.2, 0) is 19.3 Å². The highest BCUT2D eigenvalue weighted by molar-refractivity contribution is 9.11. The molecule has 0 amide bonds. The summed E-state index contributed by atoms with van der Waals surface area (Å²) >= 11 is 10.7. The summed E-state index contributed by atoms with van der Waals surface area (Å²) in [6.45, 7) is 0. The molecular weight excluding hydrogens is 626 g/mol. The van der Waals surface area contributed by atoms with Crippen LogP contribution in [0.25, 0.3) is 22.8 Å². The van der Waals surface area contributed by atoms with Crippen molar-refractivity contribution in [2.24, 2.45) is 0 Å². The van der Waals surface area contributed by atoms with Crippen LogP contribution in [0.5, 0.6) is 0 Å². The fraction of sp³-hybridized carbons (Fsp3) is 0.194. The SMILES string of the molecule is Brc1ccc(/C=C2\CCc3c2nc2c(c3-c3ccc(Br)cc3)CCC2Cc2ccc(Br)cc2)cc1. The molecule has 0 fully saturated rings. The van der Waals surface area contributed by atoms with Gasteiger partial charge in [-0.2, -0.15) is 0 Å². The second-order valence-corrected chi connectivity index (χ2v) is 12.2. The summed E-state index contributed by atoms with van der Waals surface area (Å²) in [7, 11) is 0. The lowest BCUT2D eigenvalue weighted by molar-refractivity contribution is 0.660. The highest BCUT2D eigenvalue weighted by Crippen LogP contribution is 2.47. The van der Waals surface area contributed by atoms with Gasteiger partial charge in [0.15, 0.2) is 0 Å². The molecule has 0 aliphatic heterocycles. The van der Waals surface area contributed by atoms with Crippen LogP contribution in [0.15, 0.2) is 86.2 Å². The van der Waals surface area contributed by atoms with E-state index in [1.165, 1.54) is 50.3 Å². The topological polar surface area (TPSA) is 12.9 Å². The van der Waals surface area contributed by atoms with Crippen molar-refractivity contribution < 1.29 is 0 Å². The standard InChI is InChI=1S/C31H24Br3N/c32-24-9-1-19(2-10-24)17-22-7-15-27-29(21-5-13-26(34)14-6-21)28-16-8-23(31(28)35-30(22)27)18-20-3-11-25(33)12-4-20/h1-6,9-14,17,23H,7-8,15-16,18H2/b22-17+. The minimum atomic E-state index is 0.459. The molecule has 1 unspecified atom stereocenters. The molecule has 0 spiro atoms. The molecule has 0 radical (unpaired) electrons. The van der Waals surface area contributed by atoms with Crippen LogP contribution in [0, 0.1) is 0 Å². The summed E-state index contributed by atoms with van der Waals surface area (Å²) in [5.41, 5.74) is 12.2. The van der Waals surface area contributed by atoms with Crippen LogP contribution in [-0.4, -0.2) is 4.98 Å². The number of benzene rings is 3. The lowest BCUT2D eigenvalue weighted by atomic mass is 9.91. The van der Waals surface area contributed by atoms with Gasteiger partial charge in [0.2, 0.25) is 0 Å². The van der Waals surface area contributed by atoms with Crippen LogP contribution in [0.2, 0.25) is 0 Å². The first-order chi connectivity index (χ1) is 17.0. The maximum Gasteiger partial charge on any atom is 0.0703 e. The first kappa shape index (κ1) is 23.4. The van der Waals surface area contributed by atoms with Gasteiger partial charge in [0.05, 0.1) is 5.69 Å². The van der Waals surface area contributed by atoms with E-state index >= 15 is 0 Å². The van der Waals surface area contributed by atoms with E-state index in [0.29, 0.717) is 5.92 Å². The first-order valence-electron chi connectivity index (χ1n) is 12.1. The predicted molar refractivity (Wildman–Crippen MR) is 157 cm³/mol. The third-order valence-electron chi connectivity index (χ3n) is 7.25. The fourth-order valence-electron chi connectivity index (χ4n) is 5.59. The van der Waals surface area contributed by atoms with E-state index in [1.54, 1.807) is 0 Å². The number of rotatable bonds is 4.